The summed E-state index contributed by atoms with van der Waals surface area (Å²) in [7, 11) is 0. The molecule has 3 aromatic heterocycles. The van der Waals surface area contributed by atoms with Crippen molar-refractivity contribution in [1.82, 2.24) is 20.0 Å². The first-order chi connectivity index (χ1) is 10.6. The van der Waals surface area contributed by atoms with Crippen molar-refractivity contribution in [3.63, 3.8) is 0 Å². The number of aromatic nitrogens is 4. The molecule has 0 atom stereocenters. The van der Waals surface area contributed by atoms with Crippen LogP contribution in [-0.2, 0) is 6.54 Å². The molecule has 0 unspecified atom stereocenters. The van der Waals surface area contributed by atoms with Gasteiger partial charge in [-0.25, -0.2) is 4.68 Å². The summed E-state index contributed by atoms with van der Waals surface area (Å²) in [6, 6.07) is 5.29. The number of nitriles is 1. The Morgan fingerprint density at radius 3 is 2.86 bits per heavy atom. The predicted molar refractivity (Wildman–Crippen MR) is 73.8 cm³/mol. The second kappa shape index (κ2) is 5.29. The minimum atomic E-state index is -0.483. The molecule has 22 heavy (non-hydrogen) atoms. The van der Waals surface area contributed by atoms with Crippen LogP contribution in [0.5, 0.6) is 0 Å². The number of furan rings is 1. The van der Waals surface area contributed by atoms with Gasteiger partial charge in [-0.3, -0.25) is 4.79 Å². The molecule has 3 aromatic rings. The van der Waals surface area contributed by atoms with Gasteiger partial charge in [0.05, 0.1) is 12.0 Å². The third-order valence-corrected chi connectivity index (χ3v) is 3.23. The van der Waals surface area contributed by atoms with E-state index in [0.717, 1.165) is 4.68 Å². The maximum Gasteiger partial charge on any atom is 0.285 e. The number of nitrogens with zero attached hydrogens (tertiary/aromatic N) is 5. The smallest absolute Gasteiger partial charge is 0.285 e. The summed E-state index contributed by atoms with van der Waals surface area (Å²) in [5.74, 6) is 0.863. The number of hydrogen-bond acceptors (Lipinski definition) is 7. The summed E-state index contributed by atoms with van der Waals surface area (Å²) in [4.78, 5) is 12.2. The Labute approximate surface area is 124 Å². The molecule has 0 saturated carbocycles. The maximum absolute atomic E-state index is 12.2. The van der Waals surface area contributed by atoms with E-state index in [4.69, 9.17) is 14.1 Å². The van der Waals surface area contributed by atoms with E-state index in [0.29, 0.717) is 17.0 Å². The number of rotatable bonds is 3. The lowest BCUT2D eigenvalue weighted by molar-refractivity contribution is 0.449. The Bertz CT molecular complexity index is 915. The van der Waals surface area contributed by atoms with Crippen LogP contribution in [0.1, 0.15) is 22.7 Å². The standard InChI is InChI=1S/C14H11N5O3/c1-8-9(2)18-19(14(20)10(8)6-15)7-12-16-17-13(22-12)11-4-3-5-21-11/h3-5H,7H2,1-2H3. The van der Waals surface area contributed by atoms with E-state index >= 15 is 0 Å². The molecular formula is C14H11N5O3. The SMILES string of the molecule is Cc1nn(Cc2nnc(-c3ccco3)o2)c(=O)c(C#N)c1C. The van der Waals surface area contributed by atoms with E-state index in [-0.39, 0.29) is 23.9 Å². The zero-order chi connectivity index (χ0) is 15.7. The Morgan fingerprint density at radius 2 is 2.18 bits per heavy atom. The first-order valence-electron chi connectivity index (χ1n) is 6.45. The quantitative estimate of drug-likeness (QED) is 0.718. The van der Waals surface area contributed by atoms with Gasteiger partial charge in [-0.05, 0) is 31.5 Å². The topological polar surface area (TPSA) is 111 Å². The van der Waals surface area contributed by atoms with Crippen LogP contribution in [0.4, 0.5) is 0 Å². The van der Waals surface area contributed by atoms with Gasteiger partial charge in [0.25, 0.3) is 11.4 Å². The summed E-state index contributed by atoms with van der Waals surface area (Å²) in [5, 5.41) is 20.9. The van der Waals surface area contributed by atoms with E-state index in [1.165, 1.54) is 6.26 Å². The normalized spacial score (nSPS) is 10.6. The highest BCUT2D eigenvalue weighted by Gasteiger charge is 2.15. The lowest BCUT2D eigenvalue weighted by Crippen LogP contribution is -2.28. The third-order valence-electron chi connectivity index (χ3n) is 3.23. The minimum Gasteiger partial charge on any atom is -0.459 e. The van der Waals surface area contributed by atoms with Crippen LogP contribution >= 0.6 is 0 Å². The Hall–Kier alpha value is -3.21. The zero-order valence-corrected chi connectivity index (χ0v) is 11.9. The molecule has 3 heterocycles. The van der Waals surface area contributed by atoms with Gasteiger partial charge in [-0.2, -0.15) is 10.4 Å². The zero-order valence-electron chi connectivity index (χ0n) is 11.9. The average Bonchev–Trinajstić information content (AvgIpc) is 3.16. The van der Waals surface area contributed by atoms with Gasteiger partial charge < -0.3 is 8.83 Å². The van der Waals surface area contributed by atoms with Gasteiger partial charge in [0, 0.05) is 0 Å². The van der Waals surface area contributed by atoms with Crippen molar-refractivity contribution in [3.05, 3.63) is 51.5 Å². The molecule has 0 radical (unpaired) electrons. The summed E-state index contributed by atoms with van der Waals surface area (Å²) >= 11 is 0. The monoisotopic (exact) mass is 297 g/mol. The van der Waals surface area contributed by atoms with Crippen LogP contribution in [0.3, 0.4) is 0 Å². The van der Waals surface area contributed by atoms with Crippen molar-refractivity contribution < 1.29 is 8.83 Å². The van der Waals surface area contributed by atoms with Gasteiger partial charge >= 0.3 is 0 Å². The summed E-state index contributed by atoms with van der Waals surface area (Å²) in [6.45, 7) is 3.41. The lowest BCUT2D eigenvalue weighted by Gasteiger charge is -2.06. The van der Waals surface area contributed by atoms with Crippen LogP contribution in [0.15, 0.2) is 32.0 Å². The maximum atomic E-state index is 12.2. The highest BCUT2D eigenvalue weighted by Crippen LogP contribution is 2.18. The van der Waals surface area contributed by atoms with E-state index in [2.05, 4.69) is 15.3 Å². The van der Waals surface area contributed by atoms with E-state index < -0.39 is 5.56 Å². The molecule has 0 aliphatic carbocycles. The lowest BCUT2D eigenvalue weighted by atomic mass is 10.1. The molecule has 0 spiro atoms. The van der Waals surface area contributed by atoms with Crippen molar-refractivity contribution in [3.8, 4) is 17.7 Å². The first-order valence-corrected chi connectivity index (χ1v) is 6.45. The van der Waals surface area contributed by atoms with Gasteiger partial charge in [-0.15, -0.1) is 10.2 Å². The van der Waals surface area contributed by atoms with Gasteiger partial charge in [0.1, 0.15) is 18.2 Å². The van der Waals surface area contributed by atoms with E-state index in [9.17, 15) is 4.79 Å². The molecule has 0 aromatic carbocycles. The summed E-state index contributed by atoms with van der Waals surface area (Å²) < 4.78 is 11.7. The molecule has 0 aliphatic heterocycles. The second-order valence-corrected chi connectivity index (χ2v) is 4.64. The molecule has 8 heteroatoms. The van der Waals surface area contributed by atoms with E-state index in [1.54, 1.807) is 26.0 Å². The summed E-state index contributed by atoms with van der Waals surface area (Å²) in [6.07, 6.45) is 1.49. The number of hydrogen-bond donors (Lipinski definition) is 0. The van der Waals surface area contributed by atoms with E-state index in [1.807, 2.05) is 6.07 Å². The molecule has 3 rings (SSSR count). The van der Waals surface area contributed by atoms with Crippen LogP contribution in [0, 0.1) is 25.2 Å². The predicted octanol–water partition coefficient (Wildman–Crippen LogP) is 1.42. The molecule has 0 saturated heterocycles. The van der Waals surface area contributed by atoms with Crippen LogP contribution in [0.25, 0.3) is 11.7 Å². The van der Waals surface area contributed by atoms with Crippen molar-refractivity contribution >= 4 is 0 Å². The third kappa shape index (κ3) is 2.29. The van der Waals surface area contributed by atoms with Crippen molar-refractivity contribution in [2.24, 2.45) is 0 Å². The number of aryl methyl sites for hydroxylation is 1. The minimum absolute atomic E-state index is 0.0116. The molecule has 0 aliphatic rings. The van der Waals surface area contributed by atoms with Crippen molar-refractivity contribution in [2.75, 3.05) is 0 Å². The van der Waals surface area contributed by atoms with Crippen molar-refractivity contribution in [1.29, 1.82) is 5.26 Å². The molecule has 0 bridgehead atoms. The molecule has 0 fully saturated rings. The Morgan fingerprint density at radius 1 is 1.36 bits per heavy atom. The molecule has 110 valence electrons. The average molecular weight is 297 g/mol. The fourth-order valence-electron chi connectivity index (χ4n) is 1.96. The highest BCUT2D eigenvalue weighted by molar-refractivity contribution is 5.42. The largest absolute Gasteiger partial charge is 0.459 e. The fraction of sp³-hybridized carbons (Fsp3) is 0.214. The van der Waals surface area contributed by atoms with Crippen molar-refractivity contribution in [2.45, 2.75) is 20.4 Å². The van der Waals surface area contributed by atoms with Crippen LogP contribution < -0.4 is 5.56 Å². The van der Waals surface area contributed by atoms with Gasteiger partial charge in [-0.1, -0.05) is 0 Å². The van der Waals surface area contributed by atoms with Crippen LogP contribution in [0.2, 0.25) is 0 Å². The van der Waals surface area contributed by atoms with Crippen LogP contribution in [-0.4, -0.2) is 20.0 Å². The molecule has 8 nitrogen and oxygen atoms in total. The first kappa shape index (κ1) is 13.8. The van der Waals surface area contributed by atoms with Gasteiger partial charge in [0.2, 0.25) is 5.89 Å². The molecule has 0 amide bonds. The summed E-state index contributed by atoms with van der Waals surface area (Å²) in [5.41, 5.74) is 0.758. The molecule has 0 N–H and O–H groups in total. The molecular weight excluding hydrogens is 286 g/mol. The Kier molecular flexibility index (Phi) is 3.31. The Balaban J connectivity index is 1.96. The highest BCUT2D eigenvalue weighted by atomic mass is 16.4. The second-order valence-electron chi connectivity index (χ2n) is 4.64. The fourth-order valence-corrected chi connectivity index (χ4v) is 1.96. The van der Waals surface area contributed by atoms with Gasteiger partial charge in [0.15, 0.2) is 5.76 Å².